The van der Waals surface area contributed by atoms with Crippen molar-refractivity contribution in [3.63, 3.8) is 0 Å². The summed E-state index contributed by atoms with van der Waals surface area (Å²) in [6.07, 6.45) is 4.35. The summed E-state index contributed by atoms with van der Waals surface area (Å²) in [6, 6.07) is 14.9. The van der Waals surface area contributed by atoms with Gasteiger partial charge in [-0.1, -0.05) is 59.6 Å². The number of nitrogens with two attached hydrogens (primary N) is 1. The average molecular weight is 574 g/mol. The number of benzene rings is 2. The highest BCUT2D eigenvalue weighted by atomic mass is 35.5. The van der Waals surface area contributed by atoms with E-state index in [2.05, 4.69) is 22.3 Å². The van der Waals surface area contributed by atoms with E-state index in [9.17, 15) is 14.4 Å². The number of aryl methyl sites for hydroxylation is 2. The number of carbonyl (C=O) groups excluding carboxylic acids is 3. The number of carbonyl (C=O) groups is 3. The molecule has 2 heterocycles. The molecule has 4 rings (SSSR count). The highest BCUT2D eigenvalue weighted by Crippen LogP contribution is 2.30. The summed E-state index contributed by atoms with van der Waals surface area (Å²) < 4.78 is 0. The van der Waals surface area contributed by atoms with Crippen LogP contribution in [0.1, 0.15) is 50.2 Å². The van der Waals surface area contributed by atoms with Crippen LogP contribution in [-0.2, 0) is 27.2 Å². The number of fused-ring (bicyclic) bond motifs is 1. The zero-order valence-corrected chi connectivity index (χ0v) is 24.0. The number of nitrogens with one attached hydrogen (secondary N) is 1. The molecule has 7 nitrogen and oxygen atoms in total. The Kier molecular flexibility index (Phi) is 10.4. The molecule has 0 aromatic heterocycles. The number of rotatable bonds is 11. The van der Waals surface area contributed by atoms with Crippen molar-refractivity contribution in [1.29, 1.82) is 0 Å². The lowest BCUT2D eigenvalue weighted by Gasteiger charge is -2.32. The van der Waals surface area contributed by atoms with Crippen molar-refractivity contribution in [1.82, 2.24) is 15.1 Å². The van der Waals surface area contributed by atoms with Gasteiger partial charge in [0.05, 0.1) is 22.1 Å². The van der Waals surface area contributed by atoms with E-state index in [4.69, 9.17) is 28.9 Å². The first-order valence-corrected chi connectivity index (χ1v) is 14.6. The average Bonchev–Trinajstić information content (AvgIpc) is 3.26. The molecule has 0 radical (unpaired) electrons. The Morgan fingerprint density at radius 1 is 1.08 bits per heavy atom. The van der Waals surface area contributed by atoms with Crippen molar-refractivity contribution >= 4 is 40.8 Å². The van der Waals surface area contributed by atoms with E-state index in [1.165, 1.54) is 12.5 Å². The van der Waals surface area contributed by atoms with Crippen LogP contribution >= 0.6 is 23.2 Å². The molecule has 0 saturated carbocycles. The van der Waals surface area contributed by atoms with Crippen molar-refractivity contribution < 1.29 is 14.4 Å². The molecule has 2 fully saturated rings. The highest BCUT2D eigenvalue weighted by molar-refractivity contribution is 6.42. The normalized spacial score (nSPS) is 22.3. The second-order valence-electron chi connectivity index (χ2n) is 10.7. The lowest BCUT2D eigenvalue weighted by atomic mass is 9.98. The molecule has 2 aliphatic rings. The van der Waals surface area contributed by atoms with Crippen LogP contribution in [0.4, 0.5) is 0 Å². The third-order valence-electron chi connectivity index (χ3n) is 7.90. The Balaban J connectivity index is 1.50. The Morgan fingerprint density at radius 2 is 1.85 bits per heavy atom. The molecule has 1 unspecified atom stereocenters. The fraction of sp³-hybridized carbons (Fsp3) is 0.500. The van der Waals surface area contributed by atoms with Crippen LogP contribution in [0, 0.1) is 0 Å². The molecular weight excluding hydrogens is 535 g/mol. The lowest BCUT2D eigenvalue weighted by Crippen LogP contribution is -2.51. The summed E-state index contributed by atoms with van der Waals surface area (Å²) in [5, 5.41) is 3.72. The molecule has 2 saturated heterocycles. The van der Waals surface area contributed by atoms with Crippen LogP contribution in [0.5, 0.6) is 0 Å². The Labute approximate surface area is 241 Å². The molecule has 0 bridgehead atoms. The minimum absolute atomic E-state index is 0.0173. The second-order valence-corrected chi connectivity index (χ2v) is 11.5. The van der Waals surface area contributed by atoms with Crippen LogP contribution < -0.4 is 11.1 Å². The summed E-state index contributed by atoms with van der Waals surface area (Å²) in [5.41, 5.74) is 8.55. The second kappa shape index (κ2) is 13.8. The molecule has 0 aliphatic carbocycles. The van der Waals surface area contributed by atoms with Crippen LogP contribution in [0.3, 0.4) is 0 Å². The van der Waals surface area contributed by atoms with E-state index in [-0.39, 0.29) is 42.1 Å². The summed E-state index contributed by atoms with van der Waals surface area (Å²) in [7, 11) is 0. The van der Waals surface area contributed by atoms with E-state index < -0.39 is 6.04 Å². The Morgan fingerprint density at radius 3 is 2.56 bits per heavy atom. The molecule has 3 N–H and O–H groups in total. The molecular formula is C30H38Cl2N4O3. The van der Waals surface area contributed by atoms with E-state index in [1.807, 2.05) is 24.3 Å². The van der Waals surface area contributed by atoms with Crippen LogP contribution in [0.25, 0.3) is 0 Å². The fourth-order valence-corrected chi connectivity index (χ4v) is 6.22. The van der Waals surface area contributed by atoms with Crippen LogP contribution in [0.2, 0.25) is 10.0 Å². The van der Waals surface area contributed by atoms with Crippen molar-refractivity contribution in [3.8, 4) is 0 Å². The molecule has 2 amide bonds. The van der Waals surface area contributed by atoms with Gasteiger partial charge in [0.2, 0.25) is 11.8 Å². The summed E-state index contributed by atoms with van der Waals surface area (Å²) in [5.74, 6) is -0.203. The van der Waals surface area contributed by atoms with Gasteiger partial charge in [-0.25, -0.2) is 0 Å². The molecule has 2 aliphatic heterocycles. The molecule has 2 aromatic rings. The van der Waals surface area contributed by atoms with Crippen molar-refractivity contribution in [2.45, 2.75) is 76.0 Å². The van der Waals surface area contributed by atoms with E-state index in [1.54, 1.807) is 17.0 Å². The van der Waals surface area contributed by atoms with Gasteiger partial charge in [-0.15, -0.1) is 0 Å². The molecule has 4 atom stereocenters. The van der Waals surface area contributed by atoms with Gasteiger partial charge in [0.15, 0.2) is 5.78 Å². The maximum Gasteiger partial charge on any atom is 0.240 e. The first kappa shape index (κ1) is 29.5. The van der Waals surface area contributed by atoms with Crippen LogP contribution in [-0.4, -0.2) is 71.2 Å². The molecule has 39 heavy (non-hydrogen) atoms. The van der Waals surface area contributed by atoms with Gasteiger partial charge in [0.1, 0.15) is 0 Å². The minimum Gasteiger partial charge on any atom is -0.356 e. The predicted molar refractivity (Wildman–Crippen MR) is 155 cm³/mol. The summed E-state index contributed by atoms with van der Waals surface area (Å²) in [4.78, 5) is 43.2. The molecule has 210 valence electrons. The molecule has 0 spiro atoms. The minimum atomic E-state index is -0.612. The van der Waals surface area contributed by atoms with Gasteiger partial charge < -0.3 is 16.0 Å². The van der Waals surface area contributed by atoms with Crippen LogP contribution in [0.15, 0.2) is 48.5 Å². The third kappa shape index (κ3) is 7.82. The van der Waals surface area contributed by atoms with Gasteiger partial charge in [-0.3, -0.25) is 19.3 Å². The SMILES string of the molecule is CC(=O)NCC[C@H](C(=O)CCc1ccc(Cl)c(Cl)c1)N1CCC(CCc2ccccc2)N2C[C@H](N)C[C@H]2C1=O. The van der Waals surface area contributed by atoms with Gasteiger partial charge >= 0.3 is 0 Å². The number of amides is 2. The van der Waals surface area contributed by atoms with Gasteiger partial charge in [-0.2, -0.15) is 0 Å². The number of Topliss-reactive ketones (excluding diaryl/α,β-unsaturated/α-hetero) is 1. The van der Waals surface area contributed by atoms with Gasteiger partial charge in [-0.05, 0) is 61.8 Å². The number of nitrogens with zero attached hydrogens (tertiary/aromatic N) is 2. The zero-order valence-electron chi connectivity index (χ0n) is 22.5. The van der Waals surface area contributed by atoms with Crippen molar-refractivity contribution in [2.75, 3.05) is 19.6 Å². The first-order valence-electron chi connectivity index (χ1n) is 13.8. The summed E-state index contributed by atoms with van der Waals surface area (Å²) in [6.45, 7) is 2.97. The van der Waals surface area contributed by atoms with E-state index >= 15 is 0 Å². The zero-order chi connectivity index (χ0) is 27.9. The van der Waals surface area contributed by atoms with Crippen molar-refractivity contribution in [3.05, 3.63) is 69.7 Å². The standard InChI is InChI=1S/C30H38Cl2N4O3/c1-20(37)34-15-13-27(29(38)12-9-22-8-11-25(31)26(32)17-22)35-16-14-24(10-7-21-5-3-2-4-6-21)36-19-23(33)18-28(36)30(35)39/h2-6,8,11,17,23-24,27-28H,7,9-10,12-16,18-19,33H2,1H3,(H,34,37)/t23-,24?,27-,28+/m1/s1. The van der Waals surface area contributed by atoms with Crippen molar-refractivity contribution in [2.24, 2.45) is 5.73 Å². The maximum absolute atomic E-state index is 13.9. The maximum atomic E-state index is 13.9. The summed E-state index contributed by atoms with van der Waals surface area (Å²) >= 11 is 12.2. The fourth-order valence-electron chi connectivity index (χ4n) is 5.90. The highest BCUT2D eigenvalue weighted by Gasteiger charge is 2.45. The number of hydrogen-bond acceptors (Lipinski definition) is 5. The third-order valence-corrected chi connectivity index (χ3v) is 8.64. The topological polar surface area (TPSA) is 95.7 Å². The van der Waals surface area contributed by atoms with Gasteiger partial charge in [0, 0.05) is 45.1 Å². The quantitative estimate of drug-likeness (QED) is 0.424. The predicted octanol–water partition coefficient (Wildman–Crippen LogP) is 4.03. The Hall–Kier alpha value is -2.45. The molecule has 2 aromatic carbocycles. The monoisotopic (exact) mass is 572 g/mol. The largest absolute Gasteiger partial charge is 0.356 e. The molecule has 9 heteroatoms. The number of hydrogen-bond donors (Lipinski definition) is 2. The first-order chi connectivity index (χ1) is 18.7. The Bertz CT molecular complexity index is 1160. The van der Waals surface area contributed by atoms with Gasteiger partial charge in [0.25, 0.3) is 0 Å². The van der Waals surface area contributed by atoms with E-state index in [0.29, 0.717) is 48.9 Å². The lowest BCUT2D eigenvalue weighted by molar-refractivity contribution is -0.142. The van der Waals surface area contributed by atoms with E-state index in [0.717, 1.165) is 24.8 Å². The number of halogens is 2. The number of ketones is 1. The smallest absolute Gasteiger partial charge is 0.240 e.